The van der Waals surface area contributed by atoms with E-state index < -0.39 is 15.8 Å². The van der Waals surface area contributed by atoms with E-state index in [9.17, 15) is 13.2 Å². The van der Waals surface area contributed by atoms with Crippen LogP contribution in [0.3, 0.4) is 0 Å². The molecule has 1 aromatic carbocycles. The number of rotatable bonds is 5. The van der Waals surface area contributed by atoms with Gasteiger partial charge in [0, 0.05) is 25.9 Å². The van der Waals surface area contributed by atoms with E-state index in [2.05, 4.69) is 0 Å². The van der Waals surface area contributed by atoms with Crippen molar-refractivity contribution in [2.45, 2.75) is 18.6 Å². The molecule has 144 valence electrons. The third-order valence-electron chi connectivity index (χ3n) is 4.73. The fourth-order valence-electron chi connectivity index (χ4n) is 3.25. The summed E-state index contributed by atoms with van der Waals surface area (Å²) in [5.74, 6) is -0.186. The third-order valence-corrected chi connectivity index (χ3v) is 5.87. The zero-order chi connectivity index (χ0) is 18.8. The molecule has 3 rings (SSSR count). The molecular weight excluding hydrogens is 360 g/mol. The van der Waals surface area contributed by atoms with Crippen LogP contribution >= 0.6 is 0 Å². The monoisotopic (exact) mass is 384 g/mol. The van der Waals surface area contributed by atoms with Crippen molar-refractivity contribution in [1.29, 1.82) is 0 Å². The number of carbonyl (C=O) groups excluding carboxylic acids is 1. The van der Waals surface area contributed by atoms with Crippen LogP contribution in [0.4, 0.5) is 5.69 Å². The molecule has 0 radical (unpaired) electrons. The molecule has 2 aliphatic heterocycles. The lowest BCUT2D eigenvalue weighted by Crippen LogP contribution is -2.50. The number of benzene rings is 1. The van der Waals surface area contributed by atoms with Gasteiger partial charge in [0.1, 0.15) is 12.3 Å². The zero-order valence-corrected chi connectivity index (χ0v) is 15.8. The van der Waals surface area contributed by atoms with Crippen molar-refractivity contribution >= 4 is 21.6 Å². The molecule has 0 bridgehead atoms. The van der Waals surface area contributed by atoms with Crippen molar-refractivity contribution in [3.63, 3.8) is 0 Å². The number of anilines is 1. The lowest BCUT2D eigenvalue weighted by Gasteiger charge is -2.38. The topological polar surface area (TPSA) is 85.4 Å². The molecule has 26 heavy (non-hydrogen) atoms. The summed E-state index contributed by atoms with van der Waals surface area (Å²) in [4.78, 5) is 14.3. The molecule has 0 aliphatic carbocycles. The van der Waals surface area contributed by atoms with Gasteiger partial charge in [0.25, 0.3) is 0 Å². The highest BCUT2D eigenvalue weighted by molar-refractivity contribution is 7.92. The molecule has 2 fully saturated rings. The van der Waals surface area contributed by atoms with Crippen molar-refractivity contribution in [2.75, 3.05) is 50.5 Å². The van der Waals surface area contributed by atoms with Crippen LogP contribution in [-0.2, 0) is 24.3 Å². The Kier molecular flexibility index (Phi) is 5.40. The summed E-state index contributed by atoms with van der Waals surface area (Å²) < 4.78 is 41.9. The molecule has 1 aromatic rings. The van der Waals surface area contributed by atoms with E-state index in [-0.39, 0.29) is 12.5 Å². The Morgan fingerprint density at radius 2 is 1.77 bits per heavy atom. The predicted molar refractivity (Wildman–Crippen MR) is 95.6 cm³/mol. The van der Waals surface area contributed by atoms with Gasteiger partial charge in [-0.15, -0.1) is 0 Å². The second-order valence-electron chi connectivity index (χ2n) is 6.46. The molecule has 0 N–H and O–H groups in total. The SMILES string of the molecule is COc1ccc(N(CC(=O)N2CCC3(CC2)OCCO3)S(C)(=O)=O)cc1. The van der Waals surface area contributed by atoms with Crippen molar-refractivity contribution in [3.05, 3.63) is 24.3 Å². The number of amides is 1. The average molecular weight is 384 g/mol. The van der Waals surface area contributed by atoms with Crippen LogP contribution in [0, 0.1) is 0 Å². The maximum Gasteiger partial charge on any atom is 0.243 e. The highest BCUT2D eigenvalue weighted by atomic mass is 32.2. The molecule has 1 amide bonds. The van der Waals surface area contributed by atoms with E-state index in [0.29, 0.717) is 50.6 Å². The zero-order valence-electron chi connectivity index (χ0n) is 15.0. The smallest absolute Gasteiger partial charge is 0.243 e. The molecule has 2 aliphatic rings. The Morgan fingerprint density at radius 3 is 2.27 bits per heavy atom. The van der Waals surface area contributed by atoms with Crippen molar-refractivity contribution < 1.29 is 27.4 Å². The maximum atomic E-state index is 12.7. The predicted octanol–water partition coefficient (Wildman–Crippen LogP) is 0.827. The van der Waals surface area contributed by atoms with Gasteiger partial charge in [-0.25, -0.2) is 8.42 Å². The average Bonchev–Trinajstić information content (AvgIpc) is 3.07. The minimum absolute atomic E-state index is 0.236. The lowest BCUT2D eigenvalue weighted by atomic mass is 10.0. The van der Waals surface area contributed by atoms with Crippen LogP contribution in [0.15, 0.2) is 24.3 Å². The van der Waals surface area contributed by atoms with Crippen LogP contribution in [-0.4, -0.2) is 71.2 Å². The van der Waals surface area contributed by atoms with E-state index in [1.165, 1.54) is 7.11 Å². The molecule has 8 nitrogen and oxygen atoms in total. The third kappa shape index (κ3) is 4.11. The van der Waals surface area contributed by atoms with Crippen LogP contribution < -0.4 is 9.04 Å². The Hall–Kier alpha value is -1.84. The van der Waals surface area contributed by atoms with Crippen LogP contribution in [0.5, 0.6) is 5.75 Å². The number of piperidine rings is 1. The summed E-state index contributed by atoms with van der Waals surface area (Å²) in [6.45, 7) is 1.89. The fourth-order valence-corrected chi connectivity index (χ4v) is 4.10. The number of hydrogen-bond donors (Lipinski definition) is 0. The quantitative estimate of drug-likeness (QED) is 0.747. The number of hydrogen-bond acceptors (Lipinski definition) is 6. The second kappa shape index (κ2) is 7.42. The number of likely N-dealkylation sites (tertiary alicyclic amines) is 1. The van der Waals surface area contributed by atoms with Gasteiger partial charge in [-0.2, -0.15) is 0 Å². The van der Waals surface area contributed by atoms with Gasteiger partial charge in [-0.1, -0.05) is 0 Å². The van der Waals surface area contributed by atoms with Gasteiger partial charge in [0.15, 0.2) is 5.79 Å². The fraction of sp³-hybridized carbons (Fsp3) is 0.588. The molecule has 2 saturated heterocycles. The lowest BCUT2D eigenvalue weighted by molar-refractivity contribution is -0.187. The summed E-state index contributed by atoms with van der Waals surface area (Å²) >= 11 is 0. The van der Waals surface area contributed by atoms with Crippen LogP contribution in [0.25, 0.3) is 0 Å². The van der Waals surface area contributed by atoms with E-state index in [1.807, 2.05) is 0 Å². The molecular formula is C17H24N2O6S. The van der Waals surface area contributed by atoms with Gasteiger partial charge in [-0.05, 0) is 24.3 Å². The van der Waals surface area contributed by atoms with Gasteiger partial charge in [0.05, 0.1) is 32.3 Å². The first-order chi connectivity index (χ1) is 12.3. The molecule has 0 aromatic heterocycles. The second-order valence-corrected chi connectivity index (χ2v) is 8.36. The van der Waals surface area contributed by atoms with Gasteiger partial charge in [0.2, 0.25) is 15.9 Å². The van der Waals surface area contributed by atoms with Gasteiger partial charge < -0.3 is 19.1 Å². The van der Waals surface area contributed by atoms with E-state index in [4.69, 9.17) is 14.2 Å². The van der Waals surface area contributed by atoms with Crippen LogP contribution in [0.2, 0.25) is 0 Å². The number of carbonyl (C=O) groups is 1. The molecule has 1 spiro atoms. The Morgan fingerprint density at radius 1 is 1.19 bits per heavy atom. The minimum Gasteiger partial charge on any atom is -0.497 e. The molecule has 0 atom stereocenters. The van der Waals surface area contributed by atoms with E-state index in [0.717, 1.165) is 10.6 Å². The summed E-state index contributed by atoms with van der Waals surface area (Å²) in [6, 6.07) is 6.58. The van der Waals surface area contributed by atoms with Crippen molar-refractivity contribution in [1.82, 2.24) is 4.90 Å². The maximum absolute atomic E-state index is 12.7. The highest BCUT2D eigenvalue weighted by Gasteiger charge is 2.41. The number of sulfonamides is 1. The van der Waals surface area contributed by atoms with Crippen LogP contribution in [0.1, 0.15) is 12.8 Å². The van der Waals surface area contributed by atoms with Crippen molar-refractivity contribution in [2.24, 2.45) is 0 Å². The summed E-state index contributed by atoms with van der Waals surface area (Å²) in [6.07, 6.45) is 2.29. The largest absolute Gasteiger partial charge is 0.497 e. The van der Waals surface area contributed by atoms with E-state index >= 15 is 0 Å². The first kappa shape index (κ1) is 18.9. The molecule has 9 heteroatoms. The summed E-state index contributed by atoms with van der Waals surface area (Å²) in [7, 11) is -2.06. The number of nitrogens with zero attached hydrogens (tertiary/aromatic N) is 2. The summed E-state index contributed by atoms with van der Waals surface area (Å²) in [5.41, 5.74) is 0.428. The minimum atomic E-state index is -3.60. The highest BCUT2D eigenvalue weighted by Crippen LogP contribution is 2.31. The Labute approximate surface area is 153 Å². The Bertz CT molecular complexity index is 733. The van der Waals surface area contributed by atoms with Gasteiger partial charge in [-0.3, -0.25) is 9.10 Å². The number of methoxy groups -OCH3 is 1. The first-order valence-electron chi connectivity index (χ1n) is 8.50. The standard InChI is InChI=1S/C17H24N2O6S/c1-23-15-5-3-14(4-6-15)19(26(2,21)22)13-16(20)18-9-7-17(8-10-18)24-11-12-25-17/h3-6H,7-13H2,1-2H3. The molecule has 0 unspecified atom stereocenters. The first-order valence-corrected chi connectivity index (χ1v) is 10.4. The molecule has 0 saturated carbocycles. The summed E-state index contributed by atoms with van der Waals surface area (Å²) in [5, 5.41) is 0. The Balaban J connectivity index is 1.68. The van der Waals surface area contributed by atoms with Crippen molar-refractivity contribution in [3.8, 4) is 5.75 Å². The van der Waals surface area contributed by atoms with Gasteiger partial charge >= 0.3 is 0 Å². The number of ether oxygens (including phenoxy) is 3. The normalized spacial score (nSPS) is 19.5. The molecule has 2 heterocycles. The van der Waals surface area contributed by atoms with E-state index in [1.54, 1.807) is 29.2 Å².